The van der Waals surface area contributed by atoms with Crippen LogP contribution < -0.4 is 10.3 Å². The lowest BCUT2D eigenvalue weighted by Gasteiger charge is -2.07. The van der Waals surface area contributed by atoms with Crippen LogP contribution in [0.15, 0.2) is 41.2 Å². The molecule has 5 heteroatoms. The van der Waals surface area contributed by atoms with Crippen molar-refractivity contribution in [3.63, 3.8) is 0 Å². The summed E-state index contributed by atoms with van der Waals surface area (Å²) in [6.45, 7) is 2.87. The van der Waals surface area contributed by atoms with Crippen molar-refractivity contribution in [2.45, 2.75) is 19.9 Å². The van der Waals surface area contributed by atoms with Gasteiger partial charge in [0, 0.05) is 19.0 Å². The van der Waals surface area contributed by atoms with Crippen molar-refractivity contribution in [2.75, 3.05) is 6.61 Å². The Balaban J connectivity index is 1.83. The zero-order valence-corrected chi connectivity index (χ0v) is 11.2. The van der Waals surface area contributed by atoms with E-state index in [0.717, 1.165) is 5.69 Å². The van der Waals surface area contributed by atoms with Crippen LogP contribution in [0, 0.1) is 18.3 Å². The molecule has 0 saturated heterocycles. The van der Waals surface area contributed by atoms with Crippen molar-refractivity contribution in [3.8, 4) is 11.8 Å². The van der Waals surface area contributed by atoms with Crippen LogP contribution in [0.4, 0.5) is 0 Å². The van der Waals surface area contributed by atoms with Crippen LogP contribution in [0.3, 0.4) is 0 Å². The molecule has 2 aromatic rings. The van der Waals surface area contributed by atoms with Crippen molar-refractivity contribution in [1.29, 1.82) is 5.26 Å². The molecule has 0 bridgehead atoms. The predicted molar refractivity (Wildman–Crippen MR) is 74.5 cm³/mol. The average Bonchev–Trinajstić information content (AvgIpc) is 2.47. The Kier molecular flexibility index (Phi) is 4.51. The summed E-state index contributed by atoms with van der Waals surface area (Å²) in [5, 5.41) is 12.8. The number of nitrogens with zero attached hydrogens (tertiary/aromatic N) is 3. The largest absolute Gasteiger partial charge is 0.494 e. The monoisotopic (exact) mass is 269 g/mol. The highest BCUT2D eigenvalue weighted by Gasteiger charge is 1.99. The summed E-state index contributed by atoms with van der Waals surface area (Å²) in [5.41, 5.74) is 1.32. The van der Waals surface area contributed by atoms with Gasteiger partial charge in [-0.05, 0) is 37.3 Å². The van der Waals surface area contributed by atoms with Crippen LogP contribution in [-0.2, 0) is 6.54 Å². The molecule has 0 saturated carbocycles. The zero-order valence-electron chi connectivity index (χ0n) is 11.2. The highest BCUT2D eigenvalue weighted by molar-refractivity contribution is 5.34. The summed E-state index contributed by atoms with van der Waals surface area (Å²) in [4.78, 5) is 11.5. The standard InChI is InChI=1S/C15H15N3O2/c1-12-3-8-15(19)18(17-12)9-2-10-20-14-6-4-13(11-16)5-7-14/h3-8H,2,9-10H2,1H3. The molecular formula is C15H15N3O2. The van der Waals surface area contributed by atoms with Gasteiger partial charge in [-0.2, -0.15) is 10.4 Å². The fourth-order valence-electron chi connectivity index (χ4n) is 1.74. The topological polar surface area (TPSA) is 67.9 Å². The number of ether oxygens (including phenoxy) is 1. The fraction of sp³-hybridized carbons (Fsp3) is 0.267. The molecule has 102 valence electrons. The summed E-state index contributed by atoms with van der Waals surface area (Å²) in [7, 11) is 0. The molecule has 20 heavy (non-hydrogen) atoms. The van der Waals surface area contributed by atoms with E-state index in [9.17, 15) is 4.79 Å². The summed E-state index contributed by atoms with van der Waals surface area (Å²) in [6.07, 6.45) is 0.691. The van der Waals surface area contributed by atoms with Gasteiger partial charge in [0.15, 0.2) is 0 Å². The molecule has 1 aromatic carbocycles. The molecule has 0 aliphatic carbocycles. The number of nitriles is 1. The van der Waals surface area contributed by atoms with Gasteiger partial charge in [0.2, 0.25) is 0 Å². The van der Waals surface area contributed by atoms with E-state index in [4.69, 9.17) is 10.00 Å². The Bertz CT molecular complexity index is 669. The Morgan fingerprint density at radius 1 is 1.25 bits per heavy atom. The maximum absolute atomic E-state index is 11.5. The third kappa shape index (κ3) is 3.69. The van der Waals surface area contributed by atoms with E-state index in [1.54, 1.807) is 30.3 Å². The second-order valence-electron chi connectivity index (χ2n) is 4.37. The SMILES string of the molecule is Cc1ccc(=O)n(CCCOc2ccc(C#N)cc2)n1. The lowest BCUT2D eigenvalue weighted by atomic mass is 10.2. The van der Waals surface area contributed by atoms with Crippen LogP contribution in [0.1, 0.15) is 17.7 Å². The minimum atomic E-state index is -0.103. The van der Waals surface area contributed by atoms with Gasteiger partial charge in [-0.3, -0.25) is 4.79 Å². The van der Waals surface area contributed by atoms with Gasteiger partial charge in [-0.25, -0.2) is 4.68 Å². The molecule has 1 heterocycles. The fourth-order valence-corrected chi connectivity index (χ4v) is 1.74. The van der Waals surface area contributed by atoms with Crippen molar-refractivity contribution < 1.29 is 4.74 Å². The number of aromatic nitrogens is 2. The summed E-state index contributed by atoms with van der Waals surface area (Å²) < 4.78 is 6.99. The molecule has 0 aliphatic rings. The van der Waals surface area contributed by atoms with Crippen LogP contribution in [-0.4, -0.2) is 16.4 Å². The number of hydrogen-bond donors (Lipinski definition) is 0. The second kappa shape index (κ2) is 6.53. The van der Waals surface area contributed by atoms with Gasteiger partial charge in [-0.15, -0.1) is 0 Å². The molecular weight excluding hydrogens is 254 g/mol. The van der Waals surface area contributed by atoms with E-state index in [1.807, 2.05) is 6.92 Å². The number of rotatable bonds is 5. The van der Waals surface area contributed by atoms with Gasteiger partial charge in [-0.1, -0.05) is 0 Å². The first-order chi connectivity index (χ1) is 9.69. The molecule has 5 nitrogen and oxygen atoms in total. The van der Waals surface area contributed by atoms with Crippen molar-refractivity contribution in [3.05, 3.63) is 58.0 Å². The van der Waals surface area contributed by atoms with E-state index in [1.165, 1.54) is 10.7 Å². The Hall–Kier alpha value is -2.61. The van der Waals surface area contributed by atoms with Gasteiger partial charge in [0.1, 0.15) is 5.75 Å². The van der Waals surface area contributed by atoms with Crippen molar-refractivity contribution >= 4 is 0 Å². The zero-order chi connectivity index (χ0) is 14.4. The molecule has 0 spiro atoms. The van der Waals surface area contributed by atoms with E-state index in [0.29, 0.717) is 30.9 Å². The maximum Gasteiger partial charge on any atom is 0.266 e. The highest BCUT2D eigenvalue weighted by atomic mass is 16.5. The molecule has 0 fully saturated rings. The smallest absolute Gasteiger partial charge is 0.266 e. The van der Waals surface area contributed by atoms with Crippen LogP contribution in [0.5, 0.6) is 5.75 Å². The van der Waals surface area contributed by atoms with E-state index < -0.39 is 0 Å². The number of aryl methyl sites for hydroxylation is 2. The van der Waals surface area contributed by atoms with Gasteiger partial charge in [0.25, 0.3) is 5.56 Å². The molecule has 0 atom stereocenters. The molecule has 0 amide bonds. The molecule has 0 unspecified atom stereocenters. The second-order valence-corrected chi connectivity index (χ2v) is 4.37. The van der Waals surface area contributed by atoms with E-state index in [2.05, 4.69) is 11.2 Å². The normalized spacial score (nSPS) is 10.0. The third-order valence-electron chi connectivity index (χ3n) is 2.77. The molecule has 1 aromatic heterocycles. The predicted octanol–water partition coefficient (Wildman–Crippen LogP) is 1.89. The highest BCUT2D eigenvalue weighted by Crippen LogP contribution is 2.11. The van der Waals surface area contributed by atoms with E-state index in [-0.39, 0.29) is 5.56 Å². The number of hydrogen-bond acceptors (Lipinski definition) is 4. The van der Waals surface area contributed by atoms with Gasteiger partial charge in [0.05, 0.1) is 23.9 Å². The minimum absolute atomic E-state index is 0.103. The summed E-state index contributed by atoms with van der Waals surface area (Å²) >= 11 is 0. The van der Waals surface area contributed by atoms with Crippen LogP contribution in [0.25, 0.3) is 0 Å². The quantitative estimate of drug-likeness (QED) is 0.777. The Morgan fingerprint density at radius 3 is 2.70 bits per heavy atom. The third-order valence-corrected chi connectivity index (χ3v) is 2.77. The van der Waals surface area contributed by atoms with E-state index >= 15 is 0 Å². The Labute approximate surface area is 117 Å². The lowest BCUT2D eigenvalue weighted by Crippen LogP contribution is -2.23. The van der Waals surface area contributed by atoms with Crippen LogP contribution in [0.2, 0.25) is 0 Å². The van der Waals surface area contributed by atoms with Crippen molar-refractivity contribution in [2.24, 2.45) is 0 Å². The Morgan fingerprint density at radius 2 is 2.00 bits per heavy atom. The summed E-state index contributed by atoms with van der Waals surface area (Å²) in [6, 6.07) is 12.2. The first kappa shape index (κ1) is 13.8. The molecule has 2 rings (SSSR count). The number of benzene rings is 1. The summed E-state index contributed by atoms with van der Waals surface area (Å²) in [5.74, 6) is 0.716. The average molecular weight is 269 g/mol. The minimum Gasteiger partial charge on any atom is -0.494 e. The first-order valence-corrected chi connectivity index (χ1v) is 6.37. The maximum atomic E-state index is 11.5. The molecule has 0 radical (unpaired) electrons. The molecule has 0 aliphatic heterocycles. The van der Waals surface area contributed by atoms with Gasteiger partial charge < -0.3 is 4.74 Å². The van der Waals surface area contributed by atoms with Crippen molar-refractivity contribution in [1.82, 2.24) is 9.78 Å². The van der Waals surface area contributed by atoms with Crippen LogP contribution >= 0.6 is 0 Å². The van der Waals surface area contributed by atoms with Gasteiger partial charge >= 0.3 is 0 Å². The first-order valence-electron chi connectivity index (χ1n) is 6.37. The molecule has 0 N–H and O–H groups in total. The lowest BCUT2D eigenvalue weighted by molar-refractivity contribution is 0.297.